The SMILES string of the molecule is CNC(c1ccc(F)cc1C)C1CCc2cccnc21. The standard InChI is InChI=1S/C17H19FN2/c1-11-10-13(18)6-8-14(11)17(19-2)15-7-5-12-4-3-9-20-16(12)15/h3-4,6,8-10,15,17,19H,5,7H2,1-2H3. The summed E-state index contributed by atoms with van der Waals surface area (Å²) >= 11 is 0. The molecule has 1 heterocycles. The van der Waals surface area contributed by atoms with E-state index >= 15 is 0 Å². The molecular formula is C17H19FN2. The fraction of sp³-hybridized carbons (Fsp3) is 0.353. The Morgan fingerprint density at radius 3 is 2.95 bits per heavy atom. The average molecular weight is 270 g/mol. The van der Waals surface area contributed by atoms with E-state index in [9.17, 15) is 4.39 Å². The van der Waals surface area contributed by atoms with Crippen molar-refractivity contribution in [2.75, 3.05) is 7.05 Å². The van der Waals surface area contributed by atoms with Gasteiger partial charge < -0.3 is 5.32 Å². The molecule has 0 saturated heterocycles. The maximum atomic E-state index is 13.3. The van der Waals surface area contributed by atoms with Crippen LogP contribution in [0.5, 0.6) is 0 Å². The first kappa shape index (κ1) is 13.3. The van der Waals surface area contributed by atoms with Gasteiger partial charge in [-0.1, -0.05) is 12.1 Å². The number of hydrogen-bond acceptors (Lipinski definition) is 2. The number of rotatable bonds is 3. The van der Waals surface area contributed by atoms with Gasteiger partial charge in [-0.05, 0) is 61.7 Å². The van der Waals surface area contributed by atoms with Crippen LogP contribution in [0.25, 0.3) is 0 Å². The molecule has 104 valence electrons. The molecule has 1 N–H and O–H groups in total. The first-order valence-corrected chi connectivity index (χ1v) is 7.08. The largest absolute Gasteiger partial charge is 0.312 e. The van der Waals surface area contributed by atoms with E-state index in [-0.39, 0.29) is 11.9 Å². The Kier molecular flexibility index (Phi) is 3.53. The Labute approximate surface area is 119 Å². The average Bonchev–Trinajstić information content (AvgIpc) is 2.86. The van der Waals surface area contributed by atoms with Crippen LogP contribution in [0.4, 0.5) is 4.39 Å². The Morgan fingerprint density at radius 1 is 1.35 bits per heavy atom. The molecule has 1 aromatic carbocycles. The van der Waals surface area contributed by atoms with Crippen molar-refractivity contribution in [3.63, 3.8) is 0 Å². The number of aromatic nitrogens is 1. The van der Waals surface area contributed by atoms with E-state index in [1.807, 2.05) is 32.3 Å². The van der Waals surface area contributed by atoms with Crippen LogP contribution in [0.15, 0.2) is 36.5 Å². The quantitative estimate of drug-likeness (QED) is 0.923. The van der Waals surface area contributed by atoms with Crippen LogP contribution in [-0.2, 0) is 6.42 Å². The van der Waals surface area contributed by atoms with Crippen LogP contribution >= 0.6 is 0 Å². The van der Waals surface area contributed by atoms with Crippen molar-refractivity contribution in [2.45, 2.75) is 31.7 Å². The molecule has 0 fully saturated rings. The molecule has 2 nitrogen and oxygen atoms in total. The zero-order chi connectivity index (χ0) is 14.1. The van der Waals surface area contributed by atoms with Gasteiger partial charge in [0.2, 0.25) is 0 Å². The minimum atomic E-state index is -0.175. The molecule has 1 aromatic heterocycles. The van der Waals surface area contributed by atoms with E-state index in [1.165, 1.54) is 11.3 Å². The fourth-order valence-electron chi connectivity index (χ4n) is 3.33. The van der Waals surface area contributed by atoms with E-state index in [2.05, 4.69) is 16.4 Å². The van der Waals surface area contributed by atoms with Crippen molar-refractivity contribution in [1.82, 2.24) is 10.3 Å². The summed E-state index contributed by atoms with van der Waals surface area (Å²) in [7, 11) is 1.97. The number of likely N-dealkylation sites (N-methyl/N-ethyl adjacent to an activating group) is 1. The van der Waals surface area contributed by atoms with Crippen molar-refractivity contribution in [2.24, 2.45) is 0 Å². The van der Waals surface area contributed by atoms with Gasteiger partial charge in [-0.25, -0.2) is 4.39 Å². The van der Waals surface area contributed by atoms with Gasteiger partial charge in [0, 0.05) is 23.9 Å². The molecule has 0 amide bonds. The molecule has 3 rings (SSSR count). The Morgan fingerprint density at radius 2 is 2.20 bits per heavy atom. The lowest BCUT2D eigenvalue weighted by molar-refractivity contribution is 0.467. The first-order chi connectivity index (χ1) is 9.70. The number of nitrogens with one attached hydrogen (secondary N) is 1. The molecule has 0 radical (unpaired) electrons. The minimum Gasteiger partial charge on any atom is -0.312 e. The Bertz CT molecular complexity index is 624. The third-order valence-corrected chi connectivity index (χ3v) is 4.28. The van der Waals surface area contributed by atoms with Gasteiger partial charge in [0.25, 0.3) is 0 Å². The number of halogens is 1. The topological polar surface area (TPSA) is 24.9 Å². The highest BCUT2D eigenvalue weighted by Crippen LogP contribution is 2.41. The Hall–Kier alpha value is -1.74. The molecule has 0 saturated carbocycles. The molecule has 1 aliphatic carbocycles. The van der Waals surface area contributed by atoms with Crippen LogP contribution < -0.4 is 5.32 Å². The van der Waals surface area contributed by atoms with Crippen LogP contribution in [0, 0.1) is 12.7 Å². The summed E-state index contributed by atoms with van der Waals surface area (Å²) in [5, 5.41) is 3.40. The van der Waals surface area contributed by atoms with Crippen molar-refractivity contribution < 1.29 is 4.39 Å². The lowest BCUT2D eigenvalue weighted by Crippen LogP contribution is -2.24. The fourth-order valence-corrected chi connectivity index (χ4v) is 3.33. The second kappa shape index (κ2) is 5.33. The maximum absolute atomic E-state index is 13.3. The van der Waals surface area contributed by atoms with Gasteiger partial charge in [0.15, 0.2) is 0 Å². The van der Waals surface area contributed by atoms with E-state index in [1.54, 1.807) is 12.1 Å². The molecule has 20 heavy (non-hydrogen) atoms. The van der Waals surface area contributed by atoms with Crippen LogP contribution in [0.3, 0.4) is 0 Å². The zero-order valence-electron chi connectivity index (χ0n) is 11.9. The normalized spacial score (nSPS) is 18.9. The van der Waals surface area contributed by atoms with Gasteiger partial charge in [-0.3, -0.25) is 4.98 Å². The van der Waals surface area contributed by atoms with Crippen molar-refractivity contribution >= 4 is 0 Å². The summed E-state index contributed by atoms with van der Waals surface area (Å²) in [6.07, 6.45) is 4.03. The van der Waals surface area contributed by atoms with E-state index in [0.29, 0.717) is 5.92 Å². The summed E-state index contributed by atoms with van der Waals surface area (Å²) in [6, 6.07) is 9.39. The van der Waals surface area contributed by atoms with E-state index in [0.717, 1.165) is 24.0 Å². The Balaban J connectivity index is 1.99. The predicted octanol–water partition coefficient (Wildman–Crippen LogP) is 3.52. The molecule has 0 bridgehead atoms. The third-order valence-electron chi connectivity index (χ3n) is 4.28. The van der Waals surface area contributed by atoms with E-state index in [4.69, 9.17) is 0 Å². The smallest absolute Gasteiger partial charge is 0.123 e. The number of fused-ring (bicyclic) bond motifs is 1. The molecule has 3 heteroatoms. The maximum Gasteiger partial charge on any atom is 0.123 e. The van der Waals surface area contributed by atoms with Crippen molar-refractivity contribution in [1.29, 1.82) is 0 Å². The first-order valence-electron chi connectivity index (χ1n) is 7.08. The highest BCUT2D eigenvalue weighted by atomic mass is 19.1. The summed E-state index contributed by atoms with van der Waals surface area (Å²) in [4.78, 5) is 4.57. The monoisotopic (exact) mass is 270 g/mol. The third kappa shape index (κ3) is 2.22. The van der Waals surface area contributed by atoms with Crippen molar-refractivity contribution in [3.05, 3.63) is 64.7 Å². The molecule has 2 unspecified atom stereocenters. The molecule has 0 aliphatic heterocycles. The number of aryl methyl sites for hydroxylation is 2. The molecule has 1 aliphatic rings. The highest BCUT2D eigenvalue weighted by Gasteiger charge is 2.31. The predicted molar refractivity (Wildman–Crippen MR) is 78.2 cm³/mol. The second-order valence-electron chi connectivity index (χ2n) is 5.46. The number of benzene rings is 1. The van der Waals surface area contributed by atoms with Gasteiger partial charge in [0.1, 0.15) is 5.82 Å². The van der Waals surface area contributed by atoms with Gasteiger partial charge >= 0.3 is 0 Å². The molecule has 2 aromatic rings. The minimum absolute atomic E-state index is 0.175. The lowest BCUT2D eigenvalue weighted by atomic mass is 9.88. The number of hydrogen-bond donors (Lipinski definition) is 1. The van der Waals surface area contributed by atoms with Gasteiger partial charge in [-0.15, -0.1) is 0 Å². The number of pyridine rings is 1. The van der Waals surface area contributed by atoms with Gasteiger partial charge in [-0.2, -0.15) is 0 Å². The van der Waals surface area contributed by atoms with E-state index < -0.39 is 0 Å². The van der Waals surface area contributed by atoms with Crippen LogP contribution in [0.2, 0.25) is 0 Å². The number of nitrogens with zero attached hydrogens (tertiary/aromatic N) is 1. The molecular weight excluding hydrogens is 251 g/mol. The van der Waals surface area contributed by atoms with Crippen LogP contribution in [-0.4, -0.2) is 12.0 Å². The lowest BCUT2D eigenvalue weighted by Gasteiger charge is -2.25. The molecule has 2 atom stereocenters. The summed E-state index contributed by atoms with van der Waals surface area (Å²) in [6.45, 7) is 1.97. The zero-order valence-corrected chi connectivity index (χ0v) is 11.9. The summed E-state index contributed by atoms with van der Waals surface area (Å²) in [5.41, 5.74) is 4.69. The van der Waals surface area contributed by atoms with Crippen molar-refractivity contribution in [3.8, 4) is 0 Å². The molecule has 0 spiro atoms. The highest BCUT2D eigenvalue weighted by molar-refractivity contribution is 5.36. The summed E-state index contributed by atoms with van der Waals surface area (Å²) in [5.74, 6) is 0.186. The second-order valence-corrected chi connectivity index (χ2v) is 5.46. The van der Waals surface area contributed by atoms with Crippen LogP contribution in [0.1, 0.15) is 40.8 Å². The van der Waals surface area contributed by atoms with Gasteiger partial charge in [0.05, 0.1) is 0 Å². The summed E-state index contributed by atoms with van der Waals surface area (Å²) < 4.78 is 13.3.